The Morgan fingerprint density at radius 3 is 2.51 bits per heavy atom. The van der Waals surface area contributed by atoms with E-state index in [1.165, 1.54) is 7.11 Å². The third-order valence-electron chi connectivity index (χ3n) is 5.71. The summed E-state index contributed by atoms with van der Waals surface area (Å²) >= 11 is 19.4. The average molecular weight is 595 g/mol. The van der Waals surface area contributed by atoms with E-state index in [0.717, 1.165) is 26.4 Å². The molecule has 0 saturated carbocycles. The van der Waals surface area contributed by atoms with E-state index in [1.807, 2.05) is 48.5 Å². The summed E-state index contributed by atoms with van der Waals surface area (Å²) in [5.74, 6) is 0.535. The fraction of sp³-hybridized carbons (Fsp3) is 0.0690. The largest absolute Gasteiger partial charge is 0.493 e. The number of halogens is 2. The molecule has 0 radical (unpaired) electrons. The normalized spacial score (nSPS) is 10.7. The van der Waals surface area contributed by atoms with Crippen LogP contribution in [0.4, 0.5) is 5.69 Å². The number of carbonyl (C=O) groups is 1. The number of hydrogen-bond donors (Lipinski definition) is 2. The number of anilines is 1. The average Bonchev–Trinajstić information content (AvgIpc) is 3.36. The maximum Gasteiger partial charge on any atom is 0.257 e. The van der Waals surface area contributed by atoms with Crippen molar-refractivity contribution in [2.24, 2.45) is 0 Å². The quantitative estimate of drug-likeness (QED) is 0.186. The first-order chi connectivity index (χ1) is 18.9. The van der Waals surface area contributed by atoms with Crippen LogP contribution in [0, 0.1) is 0 Å². The van der Waals surface area contributed by atoms with Gasteiger partial charge in [-0.3, -0.25) is 10.1 Å². The molecule has 0 spiro atoms. The lowest BCUT2D eigenvalue weighted by Gasteiger charge is -2.13. The SMILES string of the molecule is COc1cc(C(=O)NC(=S)Nc2ccc(-c3nc4ccccc4s3)c(Cl)c2)ccc1OCc1ccc(Cl)cc1. The van der Waals surface area contributed by atoms with Gasteiger partial charge >= 0.3 is 0 Å². The van der Waals surface area contributed by atoms with Gasteiger partial charge in [0.05, 0.1) is 22.3 Å². The number of amides is 1. The number of methoxy groups -OCH3 is 1. The fourth-order valence-corrected chi connectivity index (χ4v) is 5.43. The van der Waals surface area contributed by atoms with Crippen LogP contribution in [0.3, 0.4) is 0 Å². The number of nitrogens with zero attached hydrogens (tertiary/aromatic N) is 1. The summed E-state index contributed by atoms with van der Waals surface area (Å²) in [5, 5.41) is 7.82. The van der Waals surface area contributed by atoms with Crippen molar-refractivity contribution in [1.29, 1.82) is 0 Å². The zero-order valence-electron chi connectivity index (χ0n) is 20.5. The molecule has 1 aromatic heterocycles. The summed E-state index contributed by atoms with van der Waals surface area (Å²) in [5.41, 5.74) is 3.70. The Hall–Kier alpha value is -3.69. The van der Waals surface area contributed by atoms with Gasteiger partial charge in [-0.2, -0.15) is 0 Å². The molecule has 1 heterocycles. The summed E-state index contributed by atoms with van der Waals surface area (Å²) < 4.78 is 12.4. The Kier molecular flexibility index (Phi) is 8.28. The minimum atomic E-state index is -0.396. The second-order valence-corrected chi connectivity index (χ2v) is 10.7. The van der Waals surface area contributed by atoms with Crippen molar-refractivity contribution >= 4 is 73.7 Å². The van der Waals surface area contributed by atoms with Crippen LogP contribution in [0.1, 0.15) is 15.9 Å². The molecule has 0 atom stereocenters. The first-order valence-electron chi connectivity index (χ1n) is 11.7. The van der Waals surface area contributed by atoms with Crippen LogP contribution >= 0.6 is 46.8 Å². The molecule has 5 aromatic rings. The highest BCUT2D eigenvalue weighted by molar-refractivity contribution is 7.80. The van der Waals surface area contributed by atoms with E-state index in [2.05, 4.69) is 15.6 Å². The molecular weight excluding hydrogens is 573 g/mol. The number of carbonyl (C=O) groups excluding carboxylic acids is 1. The molecule has 1 amide bonds. The van der Waals surface area contributed by atoms with Gasteiger partial charge in [0, 0.05) is 21.8 Å². The zero-order valence-corrected chi connectivity index (χ0v) is 23.7. The predicted octanol–water partition coefficient (Wildman–Crippen LogP) is 7.98. The van der Waals surface area contributed by atoms with E-state index in [1.54, 1.807) is 47.7 Å². The minimum Gasteiger partial charge on any atom is -0.493 e. The topological polar surface area (TPSA) is 72.5 Å². The second-order valence-electron chi connectivity index (χ2n) is 8.37. The first-order valence-corrected chi connectivity index (χ1v) is 13.7. The summed E-state index contributed by atoms with van der Waals surface area (Å²) in [4.78, 5) is 17.5. The number of rotatable bonds is 7. The smallest absolute Gasteiger partial charge is 0.257 e. The van der Waals surface area contributed by atoms with Gasteiger partial charge in [0.25, 0.3) is 5.91 Å². The molecular formula is C29H21Cl2N3O3S2. The van der Waals surface area contributed by atoms with E-state index in [4.69, 9.17) is 44.9 Å². The van der Waals surface area contributed by atoms with Crippen LogP contribution in [0.2, 0.25) is 10.0 Å². The monoisotopic (exact) mass is 593 g/mol. The highest BCUT2D eigenvalue weighted by atomic mass is 35.5. The van der Waals surface area contributed by atoms with Crippen molar-refractivity contribution in [3.8, 4) is 22.1 Å². The van der Waals surface area contributed by atoms with Crippen LogP contribution < -0.4 is 20.1 Å². The van der Waals surface area contributed by atoms with Gasteiger partial charge in [0.1, 0.15) is 11.6 Å². The van der Waals surface area contributed by atoms with Crippen LogP contribution in [-0.4, -0.2) is 23.1 Å². The van der Waals surface area contributed by atoms with Gasteiger partial charge in [-0.25, -0.2) is 4.98 Å². The summed E-state index contributed by atoms with van der Waals surface area (Å²) in [6.07, 6.45) is 0. The lowest BCUT2D eigenvalue weighted by atomic mass is 10.2. The van der Waals surface area contributed by atoms with Gasteiger partial charge in [-0.15, -0.1) is 11.3 Å². The highest BCUT2D eigenvalue weighted by Crippen LogP contribution is 2.35. The molecule has 196 valence electrons. The van der Waals surface area contributed by atoms with Gasteiger partial charge in [-0.05, 0) is 78.4 Å². The molecule has 10 heteroatoms. The zero-order chi connectivity index (χ0) is 27.4. The van der Waals surface area contributed by atoms with E-state index < -0.39 is 5.91 Å². The van der Waals surface area contributed by atoms with Crippen molar-refractivity contribution in [3.63, 3.8) is 0 Å². The van der Waals surface area contributed by atoms with Gasteiger partial charge in [-0.1, -0.05) is 47.5 Å². The van der Waals surface area contributed by atoms with Crippen molar-refractivity contribution < 1.29 is 14.3 Å². The summed E-state index contributed by atoms with van der Waals surface area (Å²) in [7, 11) is 1.51. The molecule has 0 saturated heterocycles. The molecule has 6 nitrogen and oxygen atoms in total. The number of fused-ring (bicyclic) bond motifs is 1. The number of thiazole rings is 1. The number of aromatic nitrogens is 1. The summed E-state index contributed by atoms with van der Waals surface area (Å²) in [6, 6.07) is 25.7. The lowest BCUT2D eigenvalue weighted by Crippen LogP contribution is -2.34. The molecule has 0 aliphatic heterocycles. The highest BCUT2D eigenvalue weighted by Gasteiger charge is 2.14. The number of para-hydroxylation sites is 1. The number of benzene rings is 4. The van der Waals surface area contributed by atoms with Gasteiger partial charge in [0.2, 0.25) is 0 Å². The van der Waals surface area contributed by atoms with E-state index in [-0.39, 0.29) is 5.11 Å². The number of thiocarbonyl (C=S) groups is 1. The Morgan fingerprint density at radius 1 is 0.974 bits per heavy atom. The molecule has 0 aliphatic carbocycles. The van der Waals surface area contributed by atoms with Crippen molar-refractivity contribution in [2.45, 2.75) is 6.61 Å². The molecule has 5 rings (SSSR count). The molecule has 39 heavy (non-hydrogen) atoms. The van der Waals surface area contributed by atoms with Crippen molar-refractivity contribution in [3.05, 3.63) is 106 Å². The van der Waals surface area contributed by atoms with Crippen LogP contribution in [0.15, 0.2) is 84.9 Å². The van der Waals surface area contributed by atoms with Gasteiger partial charge in [0.15, 0.2) is 16.6 Å². The van der Waals surface area contributed by atoms with Gasteiger partial charge < -0.3 is 14.8 Å². The number of hydrogen-bond acceptors (Lipinski definition) is 6. The third-order valence-corrected chi connectivity index (χ3v) is 7.55. The molecule has 0 aliphatic rings. The summed E-state index contributed by atoms with van der Waals surface area (Å²) in [6.45, 7) is 0.327. The third kappa shape index (κ3) is 6.49. The predicted molar refractivity (Wildman–Crippen MR) is 163 cm³/mol. The Labute approximate surface area is 244 Å². The van der Waals surface area contributed by atoms with E-state index in [0.29, 0.717) is 39.4 Å². The molecule has 0 unspecified atom stereocenters. The Balaban J connectivity index is 1.21. The van der Waals surface area contributed by atoms with E-state index >= 15 is 0 Å². The molecule has 4 aromatic carbocycles. The Bertz CT molecular complexity index is 1640. The molecule has 2 N–H and O–H groups in total. The molecule has 0 fully saturated rings. The minimum absolute atomic E-state index is 0.130. The fourth-order valence-electron chi connectivity index (χ4n) is 3.76. The molecule has 0 bridgehead atoms. The van der Waals surface area contributed by atoms with Crippen molar-refractivity contribution in [2.75, 3.05) is 12.4 Å². The van der Waals surface area contributed by atoms with Crippen LogP contribution in [-0.2, 0) is 6.61 Å². The van der Waals surface area contributed by atoms with Crippen LogP contribution in [0.5, 0.6) is 11.5 Å². The standard InChI is InChI=1S/C29H21Cl2N3O3S2/c1-36-25-14-18(8-13-24(25)37-16-17-6-9-19(30)10-7-17)27(35)34-29(38)32-20-11-12-21(22(31)15-20)28-33-23-4-2-3-5-26(23)39-28/h2-15H,16H2,1H3,(H2,32,34,35,38). The van der Waals surface area contributed by atoms with Crippen molar-refractivity contribution in [1.82, 2.24) is 10.3 Å². The lowest BCUT2D eigenvalue weighted by molar-refractivity contribution is 0.0977. The maximum atomic E-state index is 12.8. The maximum absolute atomic E-state index is 12.8. The first kappa shape index (κ1) is 26.9. The van der Waals surface area contributed by atoms with Crippen LogP contribution in [0.25, 0.3) is 20.8 Å². The number of nitrogens with one attached hydrogen (secondary N) is 2. The second kappa shape index (κ2) is 12.0. The Morgan fingerprint density at radius 2 is 1.77 bits per heavy atom. The van der Waals surface area contributed by atoms with E-state index in [9.17, 15) is 4.79 Å². The number of ether oxygens (including phenoxy) is 2.